The van der Waals surface area contributed by atoms with Gasteiger partial charge in [0.25, 0.3) is 0 Å². The fraction of sp³-hybridized carbons (Fsp3) is 0.182. The normalized spacial score (nSPS) is 12.8. The lowest BCUT2D eigenvalue weighted by Crippen LogP contribution is -2.25. The first-order valence-corrected chi connectivity index (χ1v) is 6.50. The number of alkyl halides is 3. The highest BCUT2D eigenvalue weighted by molar-refractivity contribution is 7.87. The van der Waals surface area contributed by atoms with Crippen molar-refractivity contribution in [1.82, 2.24) is 4.98 Å². The Balaban J connectivity index is 2.29. The van der Waals surface area contributed by atoms with Crippen molar-refractivity contribution in [2.24, 2.45) is 0 Å². The van der Waals surface area contributed by atoms with E-state index in [1.165, 1.54) is 12.3 Å². The maximum atomic E-state index is 12.1. The number of benzene rings is 1. The molecule has 4 nitrogen and oxygen atoms in total. The number of halogens is 3. The van der Waals surface area contributed by atoms with Gasteiger partial charge in [0.1, 0.15) is 0 Å². The molecule has 0 fully saturated rings. The molecule has 0 N–H and O–H groups in total. The highest BCUT2D eigenvalue weighted by Crippen LogP contribution is 2.26. The summed E-state index contributed by atoms with van der Waals surface area (Å²) in [5, 5.41) is 0.688. The average Bonchev–Trinajstić information content (AvgIpc) is 2.35. The van der Waals surface area contributed by atoms with E-state index in [2.05, 4.69) is 9.17 Å². The highest BCUT2D eigenvalue weighted by atomic mass is 32.2. The number of aromatic nitrogens is 1. The Kier molecular flexibility index (Phi) is 3.46. The van der Waals surface area contributed by atoms with Gasteiger partial charge in [-0.1, -0.05) is 24.3 Å². The van der Waals surface area contributed by atoms with Gasteiger partial charge in [-0.3, -0.25) is 9.17 Å². The zero-order valence-electron chi connectivity index (χ0n) is 9.39. The van der Waals surface area contributed by atoms with Crippen LogP contribution in [0.2, 0.25) is 0 Å². The van der Waals surface area contributed by atoms with Gasteiger partial charge in [0.15, 0.2) is 0 Å². The summed E-state index contributed by atoms with van der Waals surface area (Å²) >= 11 is 0. The fourth-order valence-corrected chi connectivity index (χ4v) is 1.91. The van der Waals surface area contributed by atoms with Crippen molar-refractivity contribution in [1.29, 1.82) is 0 Å². The molecule has 0 atom stereocenters. The maximum Gasteiger partial charge on any atom is 0.523 e. The molecule has 0 saturated carbocycles. The van der Waals surface area contributed by atoms with E-state index in [0.717, 1.165) is 0 Å². The second kappa shape index (κ2) is 4.78. The van der Waals surface area contributed by atoms with E-state index in [9.17, 15) is 21.6 Å². The number of rotatable bonds is 3. The summed E-state index contributed by atoms with van der Waals surface area (Å²) in [4.78, 5) is 3.99. The van der Waals surface area contributed by atoms with Gasteiger partial charge in [-0.15, -0.1) is 0 Å². The molecule has 8 heteroatoms. The Morgan fingerprint density at radius 2 is 1.84 bits per heavy atom. The molecule has 0 aliphatic rings. The van der Waals surface area contributed by atoms with Crippen molar-refractivity contribution >= 4 is 21.0 Å². The smallest absolute Gasteiger partial charge is 0.258 e. The summed E-state index contributed by atoms with van der Waals surface area (Å²) in [5.74, 6) is 0. The maximum absolute atomic E-state index is 12.1. The largest absolute Gasteiger partial charge is 0.523 e. The average molecular weight is 291 g/mol. The van der Waals surface area contributed by atoms with Crippen LogP contribution in [0.5, 0.6) is 0 Å². The summed E-state index contributed by atoms with van der Waals surface area (Å²) in [6.45, 7) is -0.712. The minimum absolute atomic E-state index is 0.269. The van der Waals surface area contributed by atoms with E-state index in [0.29, 0.717) is 10.9 Å². The Bertz CT molecular complexity index is 692. The van der Waals surface area contributed by atoms with Crippen molar-refractivity contribution in [3.05, 3.63) is 42.1 Å². The van der Waals surface area contributed by atoms with Gasteiger partial charge in [0.05, 0.1) is 12.1 Å². The molecule has 0 unspecified atom stereocenters. The quantitative estimate of drug-likeness (QED) is 0.644. The minimum atomic E-state index is -5.59. The van der Waals surface area contributed by atoms with Gasteiger partial charge < -0.3 is 0 Å². The van der Waals surface area contributed by atoms with Crippen LogP contribution >= 0.6 is 0 Å². The Labute approximate surface area is 107 Å². The lowest BCUT2D eigenvalue weighted by atomic mass is 10.1. The summed E-state index contributed by atoms with van der Waals surface area (Å²) in [6, 6.07) is 8.14. The lowest BCUT2D eigenvalue weighted by Gasteiger charge is -2.09. The van der Waals surface area contributed by atoms with Gasteiger partial charge in [-0.05, 0) is 6.07 Å². The zero-order valence-corrected chi connectivity index (χ0v) is 10.2. The van der Waals surface area contributed by atoms with E-state index >= 15 is 0 Å². The molecular weight excluding hydrogens is 283 g/mol. The van der Waals surface area contributed by atoms with E-state index < -0.39 is 22.2 Å². The van der Waals surface area contributed by atoms with Crippen LogP contribution < -0.4 is 0 Å². The van der Waals surface area contributed by atoms with E-state index in [1.807, 2.05) is 0 Å². The molecule has 0 spiro atoms. The van der Waals surface area contributed by atoms with Crippen LogP contribution in [0.4, 0.5) is 13.2 Å². The van der Waals surface area contributed by atoms with Crippen molar-refractivity contribution in [2.75, 3.05) is 0 Å². The Hall–Kier alpha value is -1.67. The number of para-hydroxylation sites is 1. The van der Waals surface area contributed by atoms with Crippen LogP contribution in [0.15, 0.2) is 36.5 Å². The van der Waals surface area contributed by atoms with Crippen LogP contribution in [0.25, 0.3) is 10.9 Å². The molecule has 0 saturated heterocycles. The third-order valence-corrected chi connectivity index (χ3v) is 3.36. The molecule has 0 bridgehead atoms. The number of nitrogens with zero attached hydrogens (tertiary/aromatic N) is 1. The molecule has 0 aliphatic heterocycles. The number of pyridine rings is 1. The van der Waals surface area contributed by atoms with Crippen molar-refractivity contribution in [3.8, 4) is 0 Å². The van der Waals surface area contributed by atoms with Crippen LogP contribution in [0.1, 0.15) is 5.56 Å². The third kappa shape index (κ3) is 2.85. The summed E-state index contributed by atoms with van der Waals surface area (Å²) < 4.78 is 61.9. The molecule has 0 amide bonds. The monoisotopic (exact) mass is 291 g/mol. The molecule has 2 rings (SSSR count). The molecule has 19 heavy (non-hydrogen) atoms. The van der Waals surface area contributed by atoms with Crippen molar-refractivity contribution < 1.29 is 25.8 Å². The Morgan fingerprint density at radius 3 is 2.53 bits per heavy atom. The van der Waals surface area contributed by atoms with Gasteiger partial charge in [-0.2, -0.15) is 21.6 Å². The second-order valence-electron chi connectivity index (χ2n) is 3.65. The van der Waals surface area contributed by atoms with Gasteiger partial charge >= 0.3 is 15.6 Å². The standard InChI is InChI=1S/C11H8F3NO3S/c12-11(13,14)19(16,17)18-7-9-4-1-3-8-5-2-6-15-10(8)9/h1-6H,7H2. The lowest BCUT2D eigenvalue weighted by molar-refractivity contribution is -0.0547. The molecule has 0 aliphatic carbocycles. The summed E-state index contributed by atoms with van der Waals surface area (Å²) in [5.41, 5.74) is -4.75. The molecule has 0 radical (unpaired) electrons. The highest BCUT2D eigenvalue weighted by Gasteiger charge is 2.47. The van der Waals surface area contributed by atoms with E-state index in [-0.39, 0.29) is 5.56 Å². The fourth-order valence-electron chi connectivity index (χ4n) is 1.49. The second-order valence-corrected chi connectivity index (χ2v) is 5.26. The van der Waals surface area contributed by atoms with E-state index in [4.69, 9.17) is 0 Å². The Morgan fingerprint density at radius 1 is 1.16 bits per heavy atom. The van der Waals surface area contributed by atoms with Crippen LogP contribution in [-0.2, 0) is 20.9 Å². The van der Waals surface area contributed by atoms with Gasteiger partial charge in [0, 0.05) is 17.1 Å². The molecular formula is C11H8F3NO3S. The third-order valence-electron chi connectivity index (χ3n) is 2.37. The predicted octanol–water partition coefficient (Wildman–Crippen LogP) is 2.60. The molecule has 102 valence electrons. The van der Waals surface area contributed by atoms with Crippen molar-refractivity contribution in [2.45, 2.75) is 12.1 Å². The number of fused-ring (bicyclic) bond motifs is 1. The minimum Gasteiger partial charge on any atom is -0.258 e. The topological polar surface area (TPSA) is 56.3 Å². The van der Waals surface area contributed by atoms with Gasteiger partial charge in [-0.25, -0.2) is 0 Å². The molecule has 1 aromatic carbocycles. The van der Waals surface area contributed by atoms with Crippen LogP contribution in [0, 0.1) is 0 Å². The van der Waals surface area contributed by atoms with Crippen LogP contribution in [-0.4, -0.2) is 18.9 Å². The first-order valence-electron chi connectivity index (χ1n) is 5.09. The molecule has 1 aromatic heterocycles. The van der Waals surface area contributed by atoms with Gasteiger partial charge in [0.2, 0.25) is 0 Å². The number of hydrogen-bond donors (Lipinski definition) is 0. The predicted molar refractivity (Wildman–Crippen MR) is 61.5 cm³/mol. The van der Waals surface area contributed by atoms with Crippen molar-refractivity contribution in [3.63, 3.8) is 0 Å². The first-order chi connectivity index (χ1) is 8.81. The van der Waals surface area contributed by atoms with E-state index in [1.54, 1.807) is 24.3 Å². The summed E-state index contributed by atoms with van der Waals surface area (Å²) in [7, 11) is -5.59. The zero-order chi connectivity index (χ0) is 14.1. The number of hydrogen-bond acceptors (Lipinski definition) is 4. The van der Waals surface area contributed by atoms with Crippen LogP contribution in [0.3, 0.4) is 0 Å². The summed E-state index contributed by atoms with van der Waals surface area (Å²) in [6.07, 6.45) is 1.46. The SMILES string of the molecule is O=S(=O)(OCc1cccc2cccnc12)C(F)(F)F. The molecule has 1 heterocycles. The molecule has 2 aromatic rings. The first kappa shape index (κ1) is 13.8.